The van der Waals surface area contributed by atoms with Crippen molar-refractivity contribution in [3.05, 3.63) is 29.0 Å². The molecule has 2 heterocycles. The Morgan fingerprint density at radius 1 is 1.50 bits per heavy atom. The fraction of sp³-hybridized carbons (Fsp3) is 0. The molecule has 0 atom stereocenters. The molecule has 2 aromatic heterocycles. The summed E-state index contributed by atoms with van der Waals surface area (Å²) < 4.78 is 0. The number of aromatic nitrogens is 2. The van der Waals surface area contributed by atoms with Gasteiger partial charge >= 0.3 is 0 Å². The monoisotopic (exact) mass is 177 g/mol. The van der Waals surface area contributed by atoms with Crippen LogP contribution in [0.25, 0.3) is 11.0 Å². The molecule has 4 heteroatoms. The number of H-pyrrole nitrogens is 1. The van der Waals surface area contributed by atoms with Gasteiger partial charge in [0, 0.05) is 5.39 Å². The number of halogens is 1. The van der Waals surface area contributed by atoms with Crippen LogP contribution in [-0.2, 0) is 0 Å². The maximum Gasteiger partial charge on any atom is 0.140 e. The van der Waals surface area contributed by atoms with E-state index in [9.17, 15) is 0 Å². The summed E-state index contributed by atoms with van der Waals surface area (Å²) >= 11 is 5.66. The van der Waals surface area contributed by atoms with Crippen molar-refractivity contribution in [3.63, 3.8) is 0 Å². The van der Waals surface area contributed by atoms with Crippen LogP contribution in [0.5, 0.6) is 0 Å². The van der Waals surface area contributed by atoms with E-state index in [1.807, 2.05) is 12.1 Å². The number of hydrogen-bond acceptors (Lipinski definition) is 2. The minimum Gasteiger partial charge on any atom is -0.331 e. The lowest BCUT2D eigenvalue weighted by Crippen LogP contribution is -1.76. The van der Waals surface area contributed by atoms with E-state index in [1.165, 1.54) is 0 Å². The molecule has 3 nitrogen and oxygen atoms in total. The number of nitrogens with one attached hydrogen (secondary N) is 1. The molecule has 2 aromatic rings. The summed E-state index contributed by atoms with van der Waals surface area (Å²) in [5, 5.41) is 9.89. The predicted molar refractivity (Wildman–Crippen MR) is 45.8 cm³/mol. The van der Waals surface area contributed by atoms with Gasteiger partial charge in [-0.3, -0.25) is 0 Å². The van der Waals surface area contributed by atoms with Crippen LogP contribution in [0.3, 0.4) is 0 Å². The smallest absolute Gasteiger partial charge is 0.140 e. The van der Waals surface area contributed by atoms with Crippen molar-refractivity contribution in [1.29, 1.82) is 5.26 Å². The van der Waals surface area contributed by atoms with E-state index < -0.39 is 0 Å². The second kappa shape index (κ2) is 2.50. The Balaban J connectivity index is 2.77. The molecular formula is C8H4ClN3. The number of fused-ring (bicyclic) bond motifs is 1. The van der Waals surface area contributed by atoms with Crippen molar-refractivity contribution < 1.29 is 0 Å². The molecule has 0 unspecified atom stereocenters. The molecule has 1 N–H and O–H groups in total. The standard InChI is InChI=1S/C8H4ClN3/c9-7-2-1-5-3-6(4-10)11-8(5)12-7/h1-3H,(H,11,12). The molecule has 58 valence electrons. The molecule has 12 heavy (non-hydrogen) atoms. The zero-order chi connectivity index (χ0) is 8.55. The Hall–Kier alpha value is -1.53. The Morgan fingerprint density at radius 3 is 3.08 bits per heavy atom. The molecule has 0 aromatic carbocycles. The molecule has 0 aliphatic heterocycles. The molecule has 0 saturated heterocycles. The van der Waals surface area contributed by atoms with Gasteiger partial charge in [0.25, 0.3) is 0 Å². The van der Waals surface area contributed by atoms with E-state index in [2.05, 4.69) is 9.97 Å². The highest BCUT2D eigenvalue weighted by atomic mass is 35.5. The molecule has 0 amide bonds. The van der Waals surface area contributed by atoms with E-state index in [-0.39, 0.29) is 0 Å². The molecule has 0 saturated carbocycles. The quantitative estimate of drug-likeness (QED) is 0.627. The normalized spacial score (nSPS) is 10.0. The summed E-state index contributed by atoms with van der Waals surface area (Å²) in [5.74, 6) is 0. The highest BCUT2D eigenvalue weighted by molar-refractivity contribution is 6.29. The van der Waals surface area contributed by atoms with Crippen molar-refractivity contribution in [3.8, 4) is 6.07 Å². The summed E-state index contributed by atoms with van der Waals surface area (Å²) in [6.07, 6.45) is 0. The molecule has 0 bridgehead atoms. The lowest BCUT2D eigenvalue weighted by atomic mass is 10.3. The molecule has 0 fully saturated rings. The van der Waals surface area contributed by atoms with Gasteiger partial charge < -0.3 is 4.98 Å². The van der Waals surface area contributed by atoms with Crippen molar-refractivity contribution in [2.75, 3.05) is 0 Å². The fourth-order valence-electron chi connectivity index (χ4n) is 1.04. The van der Waals surface area contributed by atoms with Gasteiger partial charge in [0.2, 0.25) is 0 Å². The molecule has 0 aliphatic rings. The van der Waals surface area contributed by atoms with Crippen molar-refractivity contribution in [2.24, 2.45) is 0 Å². The minimum absolute atomic E-state index is 0.425. The van der Waals surface area contributed by atoms with E-state index >= 15 is 0 Å². The topological polar surface area (TPSA) is 52.5 Å². The summed E-state index contributed by atoms with van der Waals surface area (Å²) in [4.78, 5) is 6.83. The number of pyridine rings is 1. The van der Waals surface area contributed by atoms with Gasteiger partial charge in [0.05, 0.1) is 0 Å². The van der Waals surface area contributed by atoms with Crippen LogP contribution in [0.1, 0.15) is 5.69 Å². The number of rotatable bonds is 0. The van der Waals surface area contributed by atoms with E-state index in [1.54, 1.807) is 12.1 Å². The summed E-state index contributed by atoms with van der Waals surface area (Å²) in [6, 6.07) is 7.25. The van der Waals surface area contributed by atoms with Crippen molar-refractivity contribution >= 4 is 22.6 Å². The number of hydrogen-bond donors (Lipinski definition) is 1. The third kappa shape index (κ3) is 1.03. The van der Waals surface area contributed by atoms with Crippen LogP contribution in [0.15, 0.2) is 18.2 Å². The molecule has 0 radical (unpaired) electrons. The van der Waals surface area contributed by atoms with Crippen LogP contribution in [0, 0.1) is 11.3 Å². The maximum absolute atomic E-state index is 8.57. The first-order chi connectivity index (χ1) is 5.79. The van der Waals surface area contributed by atoms with E-state index in [0.29, 0.717) is 16.5 Å². The summed E-state index contributed by atoms with van der Waals surface area (Å²) in [6.45, 7) is 0. The van der Waals surface area contributed by atoms with Crippen LogP contribution < -0.4 is 0 Å². The zero-order valence-corrected chi connectivity index (χ0v) is 6.76. The van der Waals surface area contributed by atoms with E-state index in [0.717, 1.165) is 5.39 Å². The van der Waals surface area contributed by atoms with Crippen LogP contribution in [-0.4, -0.2) is 9.97 Å². The average molecular weight is 178 g/mol. The predicted octanol–water partition coefficient (Wildman–Crippen LogP) is 2.09. The Labute approximate surface area is 73.6 Å². The zero-order valence-electron chi connectivity index (χ0n) is 6.00. The van der Waals surface area contributed by atoms with Crippen molar-refractivity contribution in [2.45, 2.75) is 0 Å². The van der Waals surface area contributed by atoms with Gasteiger partial charge in [-0.05, 0) is 18.2 Å². The van der Waals surface area contributed by atoms with Gasteiger partial charge in [-0.25, -0.2) is 4.98 Å². The summed E-state index contributed by atoms with van der Waals surface area (Å²) in [5.41, 5.74) is 1.15. The van der Waals surface area contributed by atoms with Gasteiger partial charge in [0.1, 0.15) is 22.6 Å². The van der Waals surface area contributed by atoms with Crippen LogP contribution in [0.2, 0.25) is 5.15 Å². The largest absolute Gasteiger partial charge is 0.331 e. The van der Waals surface area contributed by atoms with Crippen molar-refractivity contribution in [1.82, 2.24) is 9.97 Å². The average Bonchev–Trinajstić information content (AvgIpc) is 2.46. The minimum atomic E-state index is 0.425. The first-order valence-corrected chi connectivity index (χ1v) is 3.73. The van der Waals surface area contributed by atoms with Gasteiger partial charge in [-0.1, -0.05) is 11.6 Å². The third-order valence-corrected chi connectivity index (χ3v) is 1.78. The molecule has 2 rings (SSSR count). The highest BCUT2D eigenvalue weighted by Crippen LogP contribution is 2.15. The number of aromatic amines is 1. The van der Waals surface area contributed by atoms with E-state index in [4.69, 9.17) is 16.9 Å². The number of nitrogens with zero attached hydrogens (tertiary/aromatic N) is 2. The SMILES string of the molecule is N#Cc1cc2ccc(Cl)nc2[nH]1. The lowest BCUT2D eigenvalue weighted by molar-refractivity contribution is 1.29. The molecule has 0 aliphatic carbocycles. The first kappa shape index (κ1) is 7.14. The van der Waals surface area contributed by atoms with Crippen LogP contribution >= 0.6 is 11.6 Å². The van der Waals surface area contributed by atoms with Gasteiger partial charge in [-0.2, -0.15) is 5.26 Å². The Kier molecular flexibility index (Phi) is 1.49. The number of nitriles is 1. The second-order valence-electron chi connectivity index (χ2n) is 2.37. The maximum atomic E-state index is 8.57. The Bertz CT molecular complexity index is 467. The summed E-state index contributed by atoms with van der Waals surface area (Å²) in [7, 11) is 0. The fourth-order valence-corrected chi connectivity index (χ4v) is 1.19. The van der Waals surface area contributed by atoms with Crippen LogP contribution in [0.4, 0.5) is 0 Å². The van der Waals surface area contributed by atoms with Gasteiger partial charge in [0.15, 0.2) is 0 Å². The molecule has 0 spiro atoms. The van der Waals surface area contributed by atoms with Gasteiger partial charge in [-0.15, -0.1) is 0 Å². The highest BCUT2D eigenvalue weighted by Gasteiger charge is 2.00. The lowest BCUT2D eigenvalue weighted by Gasteiger charge is -1.87. The third-order valence-electron chi connectivity index (χ3n) is 1.57. The molecular weight excluding hydrogens is 174 g/mol. The first-order valence-electron chi connectivity index (χ1n) is 3.35. The Morgan fingerprint density at radius 2 is 2.33 bits per heavy atom. The second-order valence-corrected chi connectivity index (χ2v) is 2.75.